The van der Waals surface area contributed by atoms with Crippen LogP contribution in [-0.4, -0.2) is 64.5 Å². The van der Waals surface area contributed by atoms with E-state index >= 15 is 0 Å². The molecule has 3 heterocycles. The topological polar surface area (TPSA) is 81.4 Å². The van der Waals surface area contributed by atoms with E-state index < -0.39 is 0 Å². The largest absolute Gasteiger partial charge is 0.492 e. The monoisotopic (exact) mass is 412 g/mol. The summed E-state index contributed by atoms with van der Waals surface area (Å²) >= 11 is 0. The lowest BCUT2D eigenvalue weighted by molar-refractivity contribution is 0.0716. The molecule has 1 fully saturated rings. The van der Waals surface area contributed by atoms with Gasteiger partial charge >= 0.3 is 5.69 Å². The highest BCUT2D eigenvalue weighted by Crippen LogP contribution is 2.23. The number of nitrogens with one attached hydrogen (secondary N) is 2. The van der Waals surface area contributed by atoms with E-state index in [0.29, 0.717) is 31.4 Å². The summed E-state index contributed by atoms with van der Waals surface area (Å²) in [5, 5.41) is 0. The summed E-state index contributed by atoms with van der Waals surface area (Å²) in [5.41, 5.74) is 1.25. The van der Waals surface area contributed by atoms with Gasteiger partial charge in [-0.3, -0.25) is 4.79 Å². The maximum atomic E-state index is 12.9. The number of piperidine rings is 1. The third-order valence-electron chi connectivity index (χ3n) is 6.28. The molecule has 0 radical (unpaired) electrons. The summed E-state index contributed by atoms with van der Waals surface area (Å²) in [6.45, 7) is 3.85. The van der Waals surface area contributed by atoms with Gasteiger partial charge in [0.2, 0.25) is 0 Å². The average Bonchev–Trinajstić information content (AvgIpc) is 3.20. The van der Waals surface area contributed by atoms with Gasteiger partial charge in [0.25, 0.3) is 5.91 Å². The Balaban J connectivity index is 1.48. The zero-order chi connectivity index (χ0) is 20.8. The number of carbonyl (C=O) groups is 1. The molecule has 2 aromatic rings. The van der Waals surface area contributed by atoms with Crippen LogP contribution in [0.3, 0.4) is 0 Å². The van der Waals surface area contributed by atoms with Crippen molar-refractivity contribution in [2.24, 2.45) is 0 Å². The van der Waals surface area contributed by atoms with E-state index in [-0.39, 0.29) is 11.6 Å². The van der Waals surface area contributed by atoms with Gasteiger partial charge in [0.15, 0.2) is 0 Å². The number of benzene rings is 1. The van der Waals surface area contributed by atoms with Gasteiger partial charge < -0.3 is 24.5 Å². The SMILES string of the molecule is O=C(c1c[nH]c(=O)[nH]1)N1CCCCN2CCCCC2CCc2cccc(c2)OCC1. The first-order valence-electron chi connectivity index (χ1n) is 11.2. The van der Waals surface area contributed by atoms with Crippen LogP contribution in [-0.2, 0) is 6.42 Å². The second-order valence-electron chi connectivity index (χ2n) is 8.38. The zero-order valence-corrected chi connectivity index (χ0v) is 17.6. The number of hydrogen-bond donors (Lipinski definition) is 2. The Labute approximate surface area is 177 Å². The fourth-order valence-electron chi connectivity index (χ4n) is 4.63. The Kier molecular flexibility index (Phi) is 6.89. The van der Waals surface area contributed by atoms with Crippen molar-refractivity contribution < 1.29 is 9.53 Å². The van der Waals surface area contributed by atoms with E-state index in [1.54, 1.807) is 4.90 Å². The molecule has 0 aliphatic carbocycles. The lowest BCUT2D eigenvalue weighted by Crippen LogP contribution is -2.41. The predicted octanol–water partition coefficient (Wildman–Crippen LogP) is 2.81. The Morgan fingerprint density at radius 3 is 2.70 bits per heavy atom. The van der Waals surface area contributed by atoms with Gasteiger partial charge in [-0.05, 0) is 69.3 Å². The molecule has 4 rings (SSSR count). The van der Waals surface area contributed by atoms with Gasteiger partial charge in [0, 0.05) is 18.8 Å². The normalized spacial score (nSPS) is 21.7. The molecule has 1 atom stereocenters. The summed E-state index contributed by atoms with van der Waals surface area (Å²) < 4.78 is 5.97. The average molecular weight is 413 g/mol. The van der Waals surface area contributed by atoms with Crippen molar-refractivity contribution in [3.05, 3.63) is 52.2 Å². The molecule has 7 nitrogen and oxygen atoms in total. The molecule has 7 heteroatoms. The van der Waals surface area contributed by atoms with Gasteiger partial charge in [-0.25, -0.2) is 4.79 Å². The minimum Gasteiger partial charge on any atom is -0.492 e. The van der Waals surface area contributed by atoms with Crippen LogP contribution in [0.5, 0.6) is 5.75 Å². The van der Waals surface area contributed by atoms with Crippen molar-refractivity contribution in [3.63, 3.8) is 0 Å². The zero-order valence-electron chi connectivity index (χ0n) is 17.6. The van der Waals surface area contributed by atoms with Crippen LogP contribution in [0.1, 0.15) is 54.6 Å². The third-order valence-corrected chi connectivity index (χ3v) is 6.28. The smallest absolute Gasteiger partial charge is 0.323 e. The summed E-state index contributed by atoms with van der Waals surface area (Å²) in [7, 11) is 0. The fourth-order valence-corrected chi connectivity index (χ4v) is 4.63. The predicted molar refractivity (Wildman–Crippen MR) is 116 cm³/mol. The Hall–Kier alpha value is -2.54. The quantitative estimate of drug-likeness (QED) is 0.755. The van der Waals surface area contributed by atoms with E-state index in [0.717, 1.165) is 31.6 Å². The molecule has 2 bridgehead atoms. The Morgan fingerprint density at radius 2 is 1.87 bits per heavy atom. The summed E-state index contributed by atoms with van der Waals surface area (Å²) in [6, 6.07) is 8.98. The van der Waals surface area contributed by atoms with E-state index in [1.807, 2.05) is 6.07 Å². The minimum absolute atomic E-state index is 0.161. The van der Waals surface area contributed by atoms with Crippen molar-refractivity contribution >= 4 is 5.91 Å². The number of aryl methyl sites for hydroxylation is 1. The summed E-state index contributed by atoms with van der Waals surface area (Å²) in [5.74, 6) is 0.691. The number of ether oxygens (including phenoxy) is 1. The summed E-state index contributed by atoms with van der Waals surface area (Å²) in [6.07, 6.45) is 9.60. The van der Waals surface area contributed by atoms with Gasteiger partial charge in [-0.1, -0.05) is 18.6 Å². The molecule has 1 saturated heterocycles. The van der Waals surface area contributed by atoms with E-state index in [1.165, 1.54) is 44.0 Å². The summed E-state index contributed by atoms with van der Waals surface area (Å²) in [4.78, 5) is 33.8. The number of H-pyrrole nitrogens is 2. The third kappa shape index (κ3) is 5.33. The van der Waals surface area contributed by atoms with Gasteiger partial charge in [0.05, 0.1) is 6.54 Å². The van der Waals surface area contributed by atoms with E-state index in [4.69, 9.17) is 4.74 Å². The maximum Gasteiger partial charge on any atom is 0.323 e. The molecule has 0 spiro atoms. The molecule has 2 aliphatic heterocycles. The fraction of sp³-hybridized carbons (Fsp3) is 0.565. The number of imidazole rings is 1. The molecule has 1 unspecified atom stereocenters. The van der Waals surface area contributed by atoms with Crippen molar-refractivity contribution in [3.8, 4) is 5.75 Å². The van der Waals surface area contributed by atoms with Crippen molar-refractivity contribution in [1.29, 1.82) is 0 Å². The first-order valence-corrected chi connectivity index (χ1v) is 11.2. The maximum absolute atomic E-state index is 12.9. The Bertz CT molecular complexity index is 890. The van der Waals surface area contributed by atoms with E-state index in [9.17, 15) is 9.59 Å². The highest BCUT2D eigenvalue weighted by molar-refractivity contribution is 5.92. The second-order valence-corrected chi connectivity index (χ2v) is 8.38. The number of aromatic nitrogens is 2. The lowest BCUT2D eigenvalue weighted by Gasteiger charge is -2.36. The number of rotatable bonds is 1. The molecule has 162 valence electrons. The van der Waals surface area contributed by atoms with Crippen LogP contribution in [0.15, 0.2) is 35.3 Å². The van der Waals surface area contributed by atoms with Crippen LogP contribution in [0.25, 0.3) is 0 Å². The molecular weight excluding hydrogens is 380 g/mol. The highest BCUT2D eigenvalue weighted by Gasteiger charge is 2.23. The molecular formula is C23H32N4O3. The van der Waals surface area contributed by atoms with Crippen LogP contribution < -0.4 is 10.4 Å². The second kappa shape index (κ2) is 9.98. The van der Waals surface area contributed by atoms with Gasteiger partial charge in [-0.15, -0.1) is 0 Å². The molecule has 2 aliphatic rings. The van der Waals surface area contributed by atoms with Gasteiger partial charge in [-0.2, -0.15) is 0 Å². The number of carbonyl (C=O) groups excluding carboxylic acids is 1. The van der Waals surface area contributed by atoms with Crippen LogP contribution >= 0.6 is 0 Å². The van der Waals surface area contributed by atoms with Gasteiger partial charge in [0.1, 0.15) is 18.1 Å². The van der Waals surface area contributed by atoms with Crippen molar-refractivity contribution in [2.45, 2.75) is 51.0 Å². The number of hydrogen-bond acceptors (Lipinski definition) is 4. The van der Waals surface area contributed by atoms with Crippen molar-refractivity contribution in [2.75, 3.05) is 32.8 Å². The molecule has 0 saturated carbocycles. The number of nitrogens with zero attached hydrogens (tertiary/aromatic N) is 2. The highest BCUT2D eigenvalue weighted by atomic mass is 16.5. The van der Waals surface area contributed by atoms with Crippen LogP contribution in [0.4, 0.5) is 0 Å². The Morgan fingerprint density at radius 1 is 1.03 bits per heavy atom. The molecule has 30 heavy (non-hydrogen) atoms. The molecule has 1 aromatic carbocycles. The molecule has 2 N–H and O–H groups in total. The molecule has 1 aromatic heterocycles. The standard InChI is InChI=1S/C23H32N4O3/c28-22(21-17-24-23(29)25-21)27-13-4-3-12-26-11-2-1-7-19(26)10-9-18-6-5-8-20(16-18)30-15-14-27/h5-6,8,16-17,19H,1-4,7,9-15H2,(H2,24,25,29). The van der Waals surface area contributed by atoms with E-state index in [2.05, 4.69) is 33.1 Å². The minimum atomic E-state index is -0.360. The van der Waals surface area contributed by atoms with Crippen LogP contribution in [0, 0.1) is 0 Å². The van der Waals surface area contributed by atoms with Crippen LogP contribution in [0.2, 0.25) is 0 Å². The number of aromatic amines is 2. The molecule has 1 amide bonds. The lowest BCUT2D eigenvalue weighted by atomic mass is 9.95. The first-order chi connectivity index (χ1) is 14.7. The first kappa shape index (κ1) is 20.7. The van der Waals surface area contributed by atoms with Crippen molar-refractivity contribution in [1.82, 2.24) is 19.8 Å². The number of amides is 1. The number of fused-ring (bicyclic) bond motifs is 3.